The van der Waals surface area contributed by atoms with E-state index in [-0.39, 0.29) is 11.3 Å². The summed E-state index contributed by atoms with van der Waals surface area (Å²) in [5, 5.41) is 10.1. The minimum Gasteiger partial charge on any atom is -0.319 e. The summed E-state index contributed by atoms with van der Waals surface area (Å²) in [4.78, 5) is 12.1. The molecular weight excluding hydrogens is 278 g/mol. The van der Waals surface area contributed by atoms with Crippen molar-refractivity contribution in [3.05, 3.63) is 59.6 Å². The topological polar surface area (TPSA) is 59.3 Å². The van der Waals surface area contributed by atoms with Gasteiger partial charge in [0.1, 0.15) is 17.5 Å². The molecule has 0 saturated heterocycles. The van der Waals surface area contributed by atoms with E-state index in [1.807, 2.05) is 0 Å². The van der Waals surface area contributed by atoms with Crippen LogP contribution in [0.5, 0.6) is 0 Å². The van der Waals surface area contributed by atoms with Crippen molar-refractivity contribution < 1.29 is 13.6 Å². The molecule has 2 aromatic heterocycles. The van der Waals surface area contributed by atoms with E-state index >= 15 is 0 Å². The van der Waals surface area contributed by atoms with Crippen molar-refractivity contribution >= 4 is 17.2 Å². The van der Waals surface area contributed by atoms with Crippen LogP contribution in [0.3, 0.4) is 0 Å². The molecule has 7 heteroatoms. The average molecular weight is 288 g/mol. The van der Waals surface area contributed by atoms with Crippen LogP contribution in [0.25, 0.3) is 5.65 Å². The van der Waals surface area contributed by atoms with E-state index in [4.69, 9.17) is 0 Å². The van der Waals surface area contributed by atoms with Crippen molar-refractivity contribution in [2.75, 3.05) is 5.32 Å². The highest BCUT2D eigenvalue weighted by atomic mass is 19.1. The van der Waals surface area contributed by atoms with E-state index in [2.05, 4.69) is 15.5 Å². The zero-order valence-electron chi connectivity index (χ0n) is 11.0. The zero-order valence-corrected chi connectivity index (χ0v) is 11.0. The number of hydrogen-bond donors (Lipinski definition) is 1. The van der Waals surface area contributed by atoms with Gasteiger partial charge in [-0.2, -0.15) is 0 Å². The van der Waals surface area contributed by atoms with Gasteiger partial charge in [-0.15, -0.1) is 10.2 Å². The Morgan fingerprint density at radius 2 is 2.00 bits per heavy atom. The molecule has 0 radical (unpaired) electrons. The molecule has 0 atom stereocenters. The van der Waals surface area contributed by atoms with Crippen molar-refractivity contribution in [2.24, 2.45) is 0 Å². The van der Waals surface area contributed by atoms with E-state index < -0.39 is 17.5 Å². The quantitative estimate of drug-likeness (QED) is 0.788. The van der Waals surface area contributed by atoms with Gasteiger partial charge in [0.15, 0.2) is 5.65 Å². The molecular formula is C14H10F2N4O. The lowest BCUT2D eigenvalue weighted by Crippen LogP contribution is -2.13. The third-order valence-electron chi connectivity index (χ3n) is 3.02. The zero-order chi connectivity index (χ0) is 15.0. The number of aromatic nitrogens is 3. The first-order valence-corrected chi connectivity index (χ1v) is 6.12. The predicted octanol–water partition coefficient (Wildman–Crippen LogP) is 2.57. The second-order valence-corrected chi connectivity index (χ2v) is 4.47. The SMILES string of the molecule is Cc1nnc2cc(C(=O)Nc3cc(F)ccc3F)ccn12. The standard InChI is InChI=1S/C14H10F2N4O/c1-8-18-19-13-6-9(4-5-20(8)13)14(21)17-12-7-10(15)2-3-11(12)16/h2-7H,1H3,(H,17,21). The highest BCUT2D eigenvalue weighted by Crippen LogP contribution is 2.17. The molecule has 3 aromatic rings. The van der Waals surface area contributed by atoms with Gasteiger partial charge in [0.2, 0.25) is 0 Å². The fourth-order valence-electron chi connectivity index (χ4n) is 1.94. The van der Waals surface area contributed by atoms with Crippen LogP contribution in [-0.4, -0.2) is 20.5 Å². The van der Waals surface area contributed by atoms with Crippen molar-refractivity contribution in [3.8, 4) is 0 Å². The van der Waals surface area contributed by atoms with Crippen LogP contribution < -0.4 is 5.32 Å². The molecule has 5 nitrogen and oxygen atoms in total. The van der Waals surface area contributed by atoms with E-state index in [0.29, 0.717) is 11.5 Å². The van der Waals surface area contributed by atoms with Gasteiger partial charge in [0, 0.05) is 17.8 Å². The molecule has 0 aliphatic carbocycles. The summed E-state index contributed by atoms with van der Waals surface area (Å²) in [5.41, 5.74) is 0.566. The molecule has 0 aliphatic rings. The Morgan fingerprint density at radius 3 is 2.81 bits per heavy atom. The molecule has 0 unspecified atom stereocenters. The van der Waals surface area contributed by atoms with Gasteiger partial charge in [-0.25, -0.2) is 8.78 Å². The van der Waals surface area contributed by atoms with Crippen LogP contribution in [-0.2, 0) is 0 Å². The number of hydrogen-bond acceptors (Lipinski definition) is 3. The van der Waals surface area contributed by atoms with Gasteiger partial charge in [0.05, 0.1) is 5.69 Å². The summed E-state index contributed by atoms with van der Waals surface area (Å²) in [5.74, 6) is -1.20. The number of pyridine rings is 1. The summed E-state index contributed by atoms with van der Waals surface area (Å²) < 4.78 is 28.3. The molecule has 1 aromatic carbocycles. The van der Waals surface area contributed by atoms with Crippen LogP contribution >= 0.6 is 0 Å². The maximum atomic E-state index is 13.5. The summed E-state index contributed by atoms with van der Waals surface area (Å²) in [6.45, 7) is 1.78. The van der Waals surface area contributed by atoms with Gasteiger partial charge in [-0.05, 0) is 31.2 Å². The molecule has 3 rings (SSSR count). The van der Waals surface area contributed by atoms with E-state index in [1.165, 1.54) is 6.07 Å². The van der Waals surface area contributed by atoms with Crippen LogP contribution in [0.4, 0.5) is 14.5 Å². The van der Waals surface area contributed by atoms with Crippen LogP contribution in [0.15, 0.2) is 36.5 Å². The van der Waals surface area contributed by atoms with Crippen LogP contribution in [0.1, 0.15) is 16.2 Å². The maximum absolute atomic E-state index is 13.5. The summed E-state index contributed by atoms with van der Waals surface area (Å²) in [7, 11) is 0. The normalized spacial score (nSPS) is 10.8. The number of carbonyl (C=O) groups excluding carboxylic acids is 1. The fourth-order valence-corrected chi connectivity index (χ4v) is 1.94. The van der Waals surface area contributed by atoms with E-state index in [1.54, 1.807) is 23.6 Å². The number of halogens is 2. The van der Waals surface area contributed by atoms with Gasteiger partial charge in [0.25, 0.3) is 5.91 Å². The molecule has 0 bridgehead atoms. The molecule has 21 heavy (non-hydrogen) atoms. The summed E-state index contributed by atoms with van der Waals surface area (Å²) >= 11 is 0. The number of rotatable bonds is 2. The van der Waals surface area contributed by atoms with Gasteiger partial charge in [-0.3, -0.25) is 9.20 Å². The van der Waals surface area contributed by atoms with Gasteiger partial charge < -0.3 is 5.32 Å². The number of benzene rings is 1. The Hall–Kier alpha value is -2.83. The number of nitrogens with zero attached hydrogens (tertiary/aromatic N) is 3. The number of anilines is 1. The highest BCUT2D eigenvalue weighted by Gasteiger charge is 2.12. The van der Waals surface area contributed by atoms with Crippen molar-refractivity contribution in [3.63, 3.8) is 0 Å². The first kappa shape index (κ1) is 13.2. The smallest absolute Gasteiger partial charge is 0.255 e. The molecule has 0 fully saturated rings. The van der Waals surface area contributed by atoms with E-state index in [9.17, 15) is 13.6 Å². The van der Waals surface area contributed by atoms with Crippen molar-refractivity contribution in [1.29, 1.82) is 0 Å². The van der Waals surface area contributed by atoms with Crippen molar-refractivity contribution in [2.45, 2.75) is 6.92 Å². The predicted molar refractivity (Wildman–Crippen MR) is 72.0 cm³/mol. The molecule has 1 N–H and O–H groups in total. The van der Waals surface area contributed by atoms with Gasteiger partial charge >= 0.3 is 0 Å². The Morgan fingerprint density at radius 1 is 1.19 bits per heavy atom. The third kappa shape index (κ3) is 2.45. The molecule has 2 heterocycles. The third-order valence-corrected chi connectivity index (χ3v) is 3.02. The first-order valence-electron chi connectivity index (χ1n) is 6.12. The molecule has 0 saturated carbocycles. The number of aryl methyl sites for hydroxylation is 1. The Balaban J connectivity index is 1.91. The second kappa shape index (κ2) is 4.93. The fraction of sp³-hybridized carbons (Fsp3) is 0.0714. The maximum Gasteiger partial charge on any atom is 0.255 e. The highest BCUT2D eigenvalue weighted by molar-refractivity contribution is 6.04. The first-order chi connectivity index (χ1) is 10.0. The average Bonchev–Trinajstić information content (AvgIpc) is 2.84. The molecule has 0 aliphatic heterocycles. The van der Waals surface area contributed by atoms with Crippen LogP contribution in [0, 0.1) is 18.6 Å². The second-order valence-electron chi connectivity index (χ2n) is 4.47. The minimum absolute atomic E-state index is 0.211. The summed E-state index contributed by atoms with van der Waals surface area (Å²) in [6.07, 6.45) is 1.64. The lowest BCUT2D eigenvalue weighted by Gasteiger charge is -2.07. The number of fused-ring (bicyclic) bond motifs is 1. The Labute approximate surface area is 118 Å². The Bertz CT molecular complexity index is 844. The lowest BCUT2D eigenvalue weighted by atomic mass is 10.2. The Kier molecular flexibility index (Phi) is 3.09. The molecule has 0 spiro atoms. The molecule has 1 amide bonds. The summed E-state index contributed by atoms with van der Waals surface area (Å²) in [6, 6.07) is 5.93. The number of amides is 1. The van der Waals surface area contributed by atoms with Crippen LogP contribution in [0.2, 0.25) is 0 Å². The molecule has 106 valence electrons. The van der Waals surface area contributed by atoms with E-state index in [0.717, 1.165) is 18.2 Å². The van der Waals surface area contributed by atoms with Crippen molar-refractivity contribution in [1.82, 2.24) is 14.6 Å². The lowest BCUT2D eigenvalue weighted by molar-refractivity contribution is 0.102. The largest absolute Gasteiger partial charge is 0.319 e. The number of carbonyl (C=O) groups is 1. The van der Waals surface area contributed by atoms with Gasteiger partial charge in [-0.1, -0.05) is 0 Å². The number of nitrogens with one attached hydrogen (secondary N) is 1. The monoisotopic (exact) mass is 288 g/mol. The minimum atomic E-state index is -0.704.